The predicted octanol–water partition coefficient (Wildman–Crippen LogP) is 3.27. The molecule has 0 saturated heterocycles. The van der Waals surface area contributed by atoms with E-state index in [0.717, 1.165) is 5.56 Å². The van der Waals surface area contributed by atoms with Gasteiger partial charge in [0.15, 0.2) is 0 Å². The molecule has 0 spiro atoms. The number of nitrogens with one attached hydrogen (secondary N) is 2. The summed E-state index contributed by atoms with van der Waals surface area (Å²) in [4.78, 5) is 12.2. The van der Waals surface area contributed by atoms with Gasteiger partial charge < -0.3 is 5.32 Å². The highest BCUT2D eigenvalue weighted by Gasteiger charge is 2.17. The van der Waals surface area contributed by atoms with Crippen LogP contribution in [0, 0.1) is 0 Å². The van der Waals surface area contributed by atoms with Crippen molar-refractivity contribution in [3.05, 3.63) is 59.1 Å². The van der Waals surface area contributed by atoms with E-state index in [0.29, 0.717) is 14.6 Å². The predicted molar refractivity (Wildman–Crippen MR) is 108 cm³/mol. The largest absolute Gasteiger partial charge is 0.300 e. The fourth-order valence-electron chi connectivity index (χ4n) is 2.19. The Kier molecular flexibility index (Phi) is 6.32. The minimum atomic E-state index is -3.69. The summed E-state index contributed by atoms with van der Waals surface area (Å²) in [6.07, 6.45) is -0.0239. The van der Waals surface area contributed by atoms with Crippen molar-refractivity contribution in [2.24, 2.45) is 0 Å². The fourth-order valence-corrected chi connectivity index (χ4v) is 4.99. The molecular formula is C17H15BrN4O3S2. The Bertz CT molecular complexity index is 1040. The zero-order valence-electron chi connectivity index (χ0n) is 13.9. The van der Waals surface area contributed by atoms with Gasteiger partial charge in [0.05, 0.1) is 4.90 Å². The minimum Gasteiger partial charge on any atom is -0.300 e. The molecule has 0 aliphatic heterocycles. The van der Waals surface area contributed by atoms with Gasteiger partial charge in [-0.1, -0.05) is 53.8 Å². The lowest BCUT2D eigenvalue weighted by Crippen LogP contribution is -2.28. The second-order valence-electron chi connectivity index (χ2n) is 5.40. The van der Waals surface area contributed by atoms with Gasteiger partial charge >= 0.3 is 0 Å². The SMILES string of the molecule is O=C(CCNS(=O)(=O)c1ccccc1Br)Nc1nnc(-c2ccccc2)s1. The number of hydrogen-bond acceptors (Lipinski definition) is 6. The molecule has 1 aromatic heterocycles. The van der Waals surface area contributed by atoms with Gasteiger partial charge in [-0.15, -0.1) is 10.2 Å². The van der Waals surface area contributed by atoms with Crippen LogP contribution in [0.1, 0.15) is 6.42 Å². The normalized spacial score (nSPS) is 11.3. The monoisotopic (exact) mass is 466 g/mol. The van der Waals surface area contributed by atoms with Crippen LogP contribution in [0.2, 0.25) is 0 Å². The Labute approximate surface area is 169 Å². The van der Waals surface area contributed by atoms with Crippen LogP contribution < -0.4 is 10.0 Å². The van der Waals surface area contributed by atoms with Crippen molar-refractivity contribution in [1.82, 2.24) is 14.9 Å². The number of rotatable bonds is 7. The van der Waals surface area contributed by atoms with Gasteiger partial charge in [-0.25, -0.2) is 13.1 Å². The lowest BCUT2D eigenvalue weighted by molar-refractivity contribution is -0.116. The molecule has 0 unspecified atom stereocenters. The number of benzene rings is 2. The zero-order chi connectivity index (χ0) is 19.3. The van der Waals surface area contributed by atoms with E-state index in [4.69, 9.17) is 0 Å². The van der Waals surface area contributed by atoms with E-state index in [1.807, 2.05) is 30.3 Å². The molecule has 2 aromatic carbocycles. The molecule has 3 aromatic rings. The van der Waals surface area contributed by atoms with E-state index < -0.39 is 10.0 Å². The molecule has 0 bridgehead atoms. The van der Waals surface area contributed by atoms with Crippen LogP contribution in [0.5, 0.6) is 0 Å². The fraction of sp³-hybridized carbons (Fsp3) is 0.118. The molecule has 0 radical (unpaired) electrons. The van der Waals surface area contributed by atoms with Crippen LogP contribution in [0.4, 0.5) is 5.13 Å². The third kappa shape index (κ3) is 5.19. The van der Waals surface area contributed by atoms with Crippen LogP contribution in [-0.4, -0.2) is 31.1 Å². The maximum absolute atomic E-state index is 12.3. The summed E-state index contributed by atoms with van der Waals surface area (Å²) in [6.45, 7) is -0.0279. The van der Waals surface area contributed by atoms with Crippen LogP contribution in [0.3, 0.4) is 0 Å². The topological polar surface area (TPSA) is 101 Å². The number of carbonyl (C=O) groups is 1. The molecule has 1 amide bonds. The summed E-state index contributed by atoms with van der Waals surface area (Å²) >= 11 is 4.46. The molecule has 0 aliphatic rings. The average Bonchev–Trinajstić information content (AvgIpc) is 3.11. The quantitative estimate of drug-likeness (QED) is 0.556. The third-order valence-corrected chi connectivity index (χ3v) is 6.82. The molecule has 10 heteroatoms. The van der Waals surface area contributed by atoms with Gasteiger partial charge in [-0.2, -0.15) is 0 Å². The van der Waals surface area contributed by atoms with Crippen LogP contribution in [-0.2, 0) is 14.8 Å². The van der Waals surface area contributed by atoms with Crippen molar-refractivity contribution >= 4 is 48.3 Å². The lowest BCUT2D eigenvalue weighted by atomic mass is 10.2. The molecule has 2 N–H and O–H groups in total. The van der Waals surface area contributed by atoms with Gasteiger partial charge in [-0.3, -0.25) is 4.79 Å². The van der Waals surface area contributed by atoms with Crippen molar-refractivity contribution in [1.29, 1.82) is 0 Å². The first-order valence-electron chi connectivity index (χ1n) is 7.89. The number of nitrogens with zero attached hydrogens (tertiary/aromatic N) is 2. The number of hydrogen-bond donors (Lipinski definition) is 2. The van der Waals surface area contributed by atoms with E-state index >= 15 is 0 Å². The molecule has 140 valence electrons. The van der Waals surface area contributed by atoms with Crippen molar-refractivity contribution in [3.63, 3.8) is 0 Å². The van der Waals surface area contributed by atoms with E-state index in [2.05, 4.69) is 36.2 Å². The number of sulfonamides is 1. The Morgan fingerprint density at radius 1 is 1.04 bits per heavy atom. The highest BCUT2D eigenvalue weighted by molar-refractivity contribution is 9.10. The number of halogens is 1. The molecule has 1 heterocycles. The second kappa shape index (κ2) is 8.70. The standard InChI is InChI=1S/C17H15BrN4O3S2/c18-13-8-4-5-9-14(13)27(24,25)19-11-10-15(23)20-17-22-21-16(26-17)12-6-2-1-3-7-12/h1-9,19H,10-11H2,(H,20,22,23). The van der Waals surface area contributed by atoms with Gasteiger partial charge in [0.2, 0.25) is 21.1 Å². The van der Waals surface area contributed by atoms with Crippen molar-refractivity contribution < 1.29 is 13.2 Å². The summed E-state index contributed by atoms with van der Waals surface area (Å²) < 4.78 is 27.4. The number of carbonyl (C=O) groups excluding carboxylic acids is 1. The average molecular weight is 467 g/mol. The van der Waals surface area contributed by atoms with Crippen LogP contribution in [0.25, 0.3) is 10.6 Å². The van der Waals surface area contributed by atoms with Crippen molar-refractivity contribution in [3.8, 4) is 10.6 Å². The zero-order valence-corrected chi connectivity index (χ0v) is 17.1. The highest BCUT2D eigenvalue weighted by Crippen LogP contribution is 2.26. The molecule has 7 nitrogen and oxygen atoms in total. The molecule has 0 saturated carbocycles. The summed E-state index contributed by atoms with van der Waals surface area (Å²) in [5.41, 5.74) is 0.914. The van der Waals surface area contributed by atoms with Gasteiger partial charge in [0, 0.05) is 23.0 Å². The first-order chi connectivity index (χ1) is 13.0. The highest BCUT2D eigenvalue weighted by atomic mass is 79.9. The van der Waals surface area contributed by atoms with Crippen LogP contribution in [0.15, 0.2) is 64.0 Å². The van der Waals surface area contributed by atoms with Gasteiger partial charge in [0.25, 0.3) is 0 Å². The first kappa shape index (κ1) is 19.6. The molecule has 0 fully saturated rings. The molecule has 3 rings (SSSR count). The second-order valence-corrected chi connectivity index (χ2v) is 8.97. The third-order valence-electron chi connectivity index (χ3n) is 3.46. The molecule has 27 heavy (non-hydrogen) atoms. The summed E-state index contributed by atoms with van der Waals surface area (Å²) in [7, 11) is -3.69. The maximum Gasteiger partial charge on any atom is 0.241 e. The lowest BCUT2D eigenvalue weighted by Gasteiger charge is -2.08. The van der Waals surface area contributed by atoms with E-state index in [-0.39, 0.29) is 23.8 Å². The van der Waals surface area contributed by atoms with Crippen molar-refractivity contribution in [2.45, 2.75) is 11.3 Å². The summed E-state index contributed by atoms with van der Waals surface area (Å²) in [6, 6.07) is 16.0. The smallest absolute Gasteiger partial charge is 0.241 e. The Balaban J connectivity index is 1.53. The van der Waals surface area contributed by atoms with E-state index in [1.165, 1.54) is 17.4 Å². The van der Waals surface area contributed by atoms with Gasteiger partial charge in [-0.05, 0) is 28.1 Å². The number of aromatic nitrogens is 2. The summed E-state index contributed by atoms with van der Waals surface area (Å²) in [5.74, 6) is -0.347. The number of anilines is 1. The van der Waals surface area contributed by atoms with E-state index in [9.17, 15) is 13.2 Å². The van der Waals surface area contributed by atoms with Crippen LogP contribution >= 0.6 is 27.3 Å². The minimum absolute atomic E-state index is 0.0239. The first-order valence-corrected chi connectivity index (χ1v) is 11.0. The summed E-state index contributed by atoms with van der Waals surface area (Å²) in [5, 5.41) is 11.7. The Morgan fingerprint density at radius 3 is 2.48 bits per heavy atom. The molecule has 0 aliphatic carbocycles. The Morgan fingerprint density at radius 2 is 1.74 bits per heavy atom. The van der Waals surface area contributed by atoms with Crippen molar-refractivity contribution in [2.75, 3.05) is 11.9 Å². The maximum atomic E-state index is 12.3. The number of amides is 1. The van der Waals surface area contributed by atoms with E-state index in [1.54, 1.807) is 18.2 Å². The Hall–Kier alpha value is -2.14. The van der Waals surface area contributed by atoms with Gasteiger partial charge in [0.1, 0.15) is 5.01 Å². The molecular weight excluding hydrogens is 452 g/mol. The molecule has 0 atom stereocenters.